The molecule has 2 aromatic carbocycles. The quantitative estimate of drug-likeness (QED) is 0.507. The van der Waals surface area contributed by atoms with Gasteiger partial charge in [0.1, 0.15) is 23.2 Å². The van der Waals surface area contributed by atoms with Gasteiger partial charge in [-0.2, -0.15) is 0 Å². The van der Waals surface area contributed by atoms with Gasteiger partial charge in [-0.25, -0.2) is 0 Å². The first kappa shape index (κ1) is 21.4. The number of benzene rings is 2. The van der Waals surface area contributed by atoms with Gasteiger partial charge in [-0.1, -0.05) is 18.2 Å². The molecule has 0 saturated carbocycles. The molecule has 0 radical (unpaired) electrons. The molecule has 30 heavy (non-hydrogen) atoms. The van der Waals surface area contributed by atoms with E-state index in [0.717, 1.165) is 16.7 Å². The van der Waals surface area contributed by atoms with E-state index in [1.165, 1.54) is 6.08 Å². The summed E-state index contributed by atoms with van der Waals surface area (Å²) in [6.07, 6.45) is 1.98. The van der Waals surface area contributed by atoms with Crippen LogP contribution >= 0.6 is 0 Å². The number of carbonyl (C=O) groups excluding carboxylic acids is 2. The van der Waals surface area contributed by atoms with Gasteiger partial charge in [0.15, 0.2) is 5.78 Å². The lowest BCUT2D eigenvalue weighted by Crippen LogP contribution is -2.34. The number of rotatable bonds is 7. The van der Waals surface area contributed by atoms with Crippen LogP contribution in [-0.2, 0) is 14.3 Å². The van der Waals surface area contributed by atoms with E-state index in [9.17, 15) is 9.59 Å². The third-order valence-corrected chi connectivity index (χ3v) is 5.30. The van der Waals surface area contributed by atoms with Gasteiger partial charge < -0.3 is 18.9 Å². The topological polar surface area (TPSA) is 71.1 Å². The molecule has 0 N–H and O–H groups in total. The molecule has 2 aromatic rings. The van der Waals surface area contributed by atoms with Crippen LogP contribution in [0.4, 0.5) is 0 Å². The van der Waals surface area contributed by atoms with Gasteiger partial charge in [0.2, 0.25) is 0 Å². The first-order valence-corrected chi connectivity index (χ1v) is 9.80. The minimum atomic E-state index is -0.922. The summed E-state index contributed by atoms with van der Waals surface area (Å²) in [7, 11) is 4.73. The van der Waals surface area contributed by atoms with Crippen molar-refractivity contribution in [3.63, 3.8) is 0 Å². The Bertz CT molecular complexity index is 962. The second kappa shape index (κ2) is 9.48. The van der Waals surface area contributed by atoms with Gasteiger partial charge in [0, 0.05) is 17.5 Å². The molecule has 3 rings (SSSR count). The van der Waals surface area contributed by atoms with E-state index in [4.69, 9.17) is 18.9 Å². The molecule has 0 unspecified atom stereocenters. The van der Waals surface area contributed by atoms with Crippen molar-refractivity contribution in [2.75, 3.05) is 27.9 Å². The zero-order chi connectivity index (χ0) is 21.7. The average Bonchev–Trinajstić information content (AvgIpc) is 2.78. The molecule has 0 aromatic heterocycles. The third kappa shape index (κ3) is 4.17. The van der Waals surface area contributed by atoms with Gasteiger partial charge in [0.25, 0.3) is 0 Å². The summed E-state index contributed by atoms with van der Waals surface area (Å²) in [5.74, 6) is -0.258. The van der Waals surface area contributed by atoms with Crippen LogP contribution in [0.2, 0.25) is 0 Å². The Morgan fingerprint density at radius 3 is 2.40 bits per heavy atom. The smallest absolute Gasteiger partial charge is 0.317 e. The molecule has 0 spiro atoms. The van der Waals surface area contributed by atoms with E-state index >= 15 is 0 Å². The highest BCUT2D eigenvalue weighted by atomic mass is 16.5. The second-order valence-electron chi connectivity index (χ2n) is 6.92. The minimum Gasteiger partial charge on any atom is -0.497 e. The minimum absolute atomic E-state index is 0.212. The lowest BCUT2D eigenvalue weighted by atomic mass is 9.73. The maximum atomic E-state index is 13.1. The van der Waals surface area contributed by atoms with Gasteiger partial charge in [0.05, 0.1) is 27.9 Å². The molecular weight excluding hydrogens is 384 g/mol. The number of ether oxygens (including phenoxy) is 4. The third-order valence-electron chi connectivity index (χ3n) is 5.30. The van der Waals surface area contributed by atoms with Crippen molar-refractivity contribution in [2.24, 2.45) is 5.92 Å². The van der Waals surface area contributed by atoms with Crippen molar-refractivity contribution in [1.29, 1.82) is 0 Å². The number of hydrogen-bond donors (Lipinski definition) is 0. The van der Waals surface area contributed by atoms with Gasteiger partial charge in [-0.3, -0.25) is 9.59 Å². The summed E-state index contributed by atoms with van der Waals surface area (Å²) in [4.78, 5) is 25.8. The Labute approximate surface area is 176 Å². The summed E-state index contributed by atoms with van der Waals surface area (Å²) < 4.78 is 21.5. The van der Waals surface area contributed by atoms with Crippen LogP contribution in [0, 0.1) is 5.92 Å². The van der Waals surface area contributed by atoms with Crippen LogP contribution in [0.15, 0.2) is 48.5 Å². The zero-order valence-corrected chi connectivity index (χ0v) is 17.6. The van der Waals surface area contributed by atoms with E-state index in [2.05, 4.69) is 0 Å². The van der Waals surface area contributed by atoms with Crippen LogP contribution in [0.1, 0.15) is 30.4 Å². The van der Waals surface area contributed by atoms with Gasteiger partial charge >= 0.3 is 5.97 Å². The van der Waals surface area contributed by atoms with Crippen molar-refractivity contribution in [3.05, 3.63) is 59.7 Å². The molecule has 2 atom stereocenters. The Morgan fingerprint density at radius 1 is 1.00 bits per heavy atom. The molecular formula is C24H26O6. The monoisotopic (exact) mass is 410 g/mol. The highest BCUT2D eigenvalue weighted by Gasteiger charge is 2.41. The Hall–Kier alpha value is -3.28. The number of esters is 1. The van der Waals surface area contributed by atoms with Crippen LogP contribution in [0.5, 0.6) is 17.2 Å². The molecule has 6 heteroatoms. The summed E-state index contributed by atoms with van der Waals surface area (Å²) in [5, 5.41) is 0. The summed E-state index contributed by atoms with van der Waals surface area (Å²) in [5.41, 5.74) is 2.37. The van der Waals surface area contributed by atoms with Crippen molar-refractivity contribution < 1.29 is 28.5 Å². The largest absolute Gasteiger partial charge is 0.497 e. The molecule has 6 nitrogen and oxygen atoms in total. The number of carbonyl (C=O) groups is 2. The predicted molar refractivity (Wildman–Crippen MR) is 113 cm³/mol. The van der Waals surface area contributed by atoms with Crippen molar-refractivity contribution in [3.8, 4) is 17.2 Å². The van der Waals surface area contributed by atoms with Crippen molar-refractivity contribution in [2.45, 2.75) is 19.3 Å². The standard InChI is InChI=1S/C24H26O6/c1-5-30-24(26)23-19(18-8-6-7-9-21(18)28-3)12-15(13-20(23)25)17-11-10-16(27-2)14-22(17)29-4/h6-11,13-14,19,23H,5,12H2,1-4H3/t19-,23-/m0/s1. The van der Waals surface area contributed by atoms with Crippen LogP contribution in [-0.4, -0.2) is 39.7 Å². The number of para-hydroxylation sites is 1. The Kier molecular flexibility index (Phi) is 6.77. The molecule has 0 bridgehead atoms. The lowest BCUT2D eigenvalue weighted by molar-refractivity contribution is -0.151. The Morgan fingerprint density at radius 2 is 1.73 bits per heavy atom. The second-order valence-corrected chi connectivity index (χ2v) is 6.92. The van der Waals surface area contributed by atoms with Gasteiger partial charge in [-0.15, -0.1) is 0 Å². The van der Waals surface area contributed by atoms with Crippen LogP contribution in [0.25, 0.3) is 5.57 Å². The highest BCUT2D eigenvalue weighted by molar-refractivity contribution is 6.11. The molecule has 1 aliphatic carbocycles. The fraction of sp³-hybridized carbons (Fsp3) is 0.333. The highest BCUT2D eigenvalue weighted by Crippen LogP contribution is 2.45. The van der Waals surface area contributed by atoms with Crippen LogP contribution < -0.4 is 14.2 Å². The van der Waals surface area contributed by atoms with Crippen LogP contribution in [0.3, 0.4) is 0 Å². The number of methoxy groups -OCH3 is 3. The van der Waals surface area contributed by atoms with E-state index in [-0.39, 0.29) is 12.4 Å². The fourth-order valence-electron chi connectivity index (χ4n) is 3.90. The maximum absolute atomic E-state index is 13.1. The first-order valence-electron chi connectivity index (χ1n) is 9.80. The molecule has 158 valence electrons. The molecule has 0 amide bonds. The van der Waals surface area contributed by atoms with Crippen molar-refractivity contribution in [1.82, 2.24) is 0 Å². The van der Waals surface area contributed by atoms with E-state index < -0.39 is 17.8 Å². The fourth-order valence-corrected chi connectivity index (χ4v) is 3.90. The summed E-state index contributed by atoms with van der Waals surface area (Å²) in [6.45, 7) is 1.94. The zero-order valence-electron chi connectivity index (χ0n) is 17.6. The molecule has 0 saturated heterocycles. The van der Waals surface area contributed by atoms with E-state index in [1.54, 1.807) is 34.3 Å². The van der Waals surface area contributed by atoms with E-state index in [1.807, 2.05) is 36.4 Å². The Balaban J connectivity index is 2.10. The molecule has 0 heterocycles. The maximum Gasteiger partial charge on any atom is 0.317 e. The average molecular weight is 410 g/mol. The van der Waals surface area contributed by atoms with Crippen molar-refractivity contribution >= 4 is 17.3 Å². The predicted octanol–water partition coefficient (Wildman–Crippen LogP) is 4.03. The summed E-state index contributed by atoms with van der Waals surface area (Å²) >= 11 is 0. The lowest BCUT2D eigenvalue weighted by Gasteiger charge is -2.30. The molecule has 1 aliphatic rings. The van der Waals surface area contributed by atoms with E-state index in [0.29, 0.717) is 23.7 Å². The SMILES string of the molecule is CCOC(=O)[C@@H]1C(=O)C=C(c2ccc(OC)cc2OC)C[C@H]1c1ccccc1OC. The van der Waals surface area contributed by atoms with Gasteiger partial charge in [-0.05, 0) is 48.8 Å². The normalized spacial score (nSPS) is 18.4. The number of allylic oxidation sites excluding steroid dienone is 2. The molecule has 0 fully saturated rings. The summed E-state index contributed by atoms with van der Waals surface area (Å²) in [6, 6.07) is 12.9. The number of ketones is 1. The first-order chi connectivity index (χ1) is 14.5. The molecule has 0 aliphatic heterocycles. The number of hydrogen-bond acceptors (Lipinski definition) is 6.